The minimum absolute atomic E-state index is 0.142. The molecule has 0 unspecified atom stereocenters. The van der Waals surface area contributed by atoms with Crippen molar-refractivity contribution in [3.63, 3.8) is 0 Å². The molecule has 124 valence electrons. The summed E-state index contributed by atoms with van der Waals surface area (Å²) in [6.45, 7) is 8.05. The highest BCUT2D eigenvalue weighted by molar-refractivity contribution is 5.66. The third kappa shape index (κ3) is 4.10. The average molecular weight is 323 g/mol. The standard InChI is InChI=1S/C18H21N5O/c1-12-10-16(23-24-12)20-15-11-14(13-8-6-5-7-9-13)19-17(21-15)22-18(2,3)4/h5-11H,1-4H3,(H2,19,20,21,22,23). The fraction of sp³-hybridized carbons (Fsp3) is 0.278. The monoisotopic (exact) mass is 323 g/mol. The molecule has 0 fully saturated rings. The second kappa shape index (κ2) is 6.31. The zero-order valence-electron chi connectivity index (χ0n) is 14.3. The normalized spacial score (nSPS) is 11.3. The van der Waals surface area contributed by atoms with Crippen molar-refractivity contribution in [3.05, 3.63) is 48.2 Å². The SMILES string of the molecule is Cc1cc(Nc2cc(-c3ccccc3)nc(NC(C)(C)C)n2)no1. The molecule has 24 heavy (non-hydrogen) atoms. The van der Waals surface area contributed by atoms with Gasteiger partial charge in [-0.25, -0.2) is 4.98 Å². The minimum Gasteiger partial charge on any atom is -0.360 e. The first-order valence-electron chi connectivity index (χ1n) is 7.82. The van der Waals surface area contributed by atoms with Crippen molar-refractivity contribution in [2.24, 2.45) is 0 Å². The summed E-state index contributed by atoms with van der Waals surface area (Å²) in [5, 5.41) is 10.4. The van der Waals surface area contributed by atoms with Gasteiger partial charge in [0.2, 0.25) is 5.95 Å². The number of hydrogen-bond acceptors (Lipinski definition) is 6. The van der Waals surface area contributed by atoms with Gasteiger partial charge in [-0.2, -0.15) is 4.98 Å². The molecule has 6 nitrogen and oxygen atoms in total. The zero-order valence-corrected chi connectivity index (χ0v) is 14.3. The van der Waals surface area contributed by atoms with E-state index in [1.807, 2.05) is 49.4 Å². The Morgan fingerprint density at radius 2 is 1.71 bits per heavy atom. The Balaban J connectivity index is 1.99. The Morgan fingerprint density at radius 3 is 2.33 bits per heavy atom. The van der Waals surface area contributed by atoms with Crippen LogP contribution in [-0.2, 0) is 0 Å². The highest BCUT2D eigenvalue weighted by Crippen LogP contribution is 2.24. The molecule has 0 aliphatic heterocycles. The molecule has 0 bridgehead atoms. The van der Waals surface area contributed by atoms with Crippen LogP contribution in [0.5, 0.6) is 0 Å². The smallest absolute Gasteiger partial charge is 0.225 e. The molecule has 3 rings (SSSR count). The number of aryl methyl sites for hydroxylation is 1. The summed E-state index contributed by atoms with van der Waals surface area (Å²) in [6, 6.07) is 13.7. The van der Waals surface area contributed by atoms with Crippen LogP contribution in [0.3, 0.4) is 0 Å². The van der Waals surface area contributed by atoms with Crippen molar-refractivity contribution in [2.75, 3.05) is 10.6 Å². The van der Waals surface area contributed by atoms with Gasteiger partial charge in [-0.3, -0.25) is 0 Å². The van der Waals surface area contributed by atoms with Crippen molar-refractivity contribution in [1.82, 2.24) is 15.1 Å². The molecule has 2 aromatic heterocycles. The summed E-state index contributed by atoms with van der Waals surface area (Å²) in [7, 11) is 0. The fourth-order valence-corrected chi connectivity index (χ4v) is 2.22. The first kappa shape index (κ1) is 16.0. The van der Waals surface area contributed by atoms with Crippen LogP contribution in [-0.4, -0.2) is 20.7 Å². The second-order valence-electron chi connectivity index (χ2n) is 6.65. The largest absolute Gasteiger partial charge is 0.360 e. The maximum absolute atomic E-state index is 5.09. The van der Waals surface area contributed by atoms with Gasteiger partial charge in [0.25, 0.3) is 0 Å². The molecule has 6 heteroatoms. The van der Waals surface area contributed by atoms with Crippen LogP contribution in [0.25, 0.3) is 11.3 Å². The number of anilines is 3. The van der Waals surface area contributed by atoms with Gasteiger partial charge >= 0.3 is 0 Å². The maximum atomic E-state index is 5.09. The molecule has 0 saturated heterocycles. The van der Waals surface area contributed by atoms with Gasteiger partial charge in [0, 0.05) is 23.2 Å². The van der Waals surface area contributed by atoms with Crippen molar-refractivity contribution in [1.29, 1.82) is 0 Å². The Morgan fingerprint density at radius 1 is 0.958 bits per heavy atom. The van der Waals surface area contributed by atoms with Crippen LogP contribution in [0.2, 0.25) is 0 Å². The lowest BCUT2D eigenvalue weighted by atomic mass is 10.1. The molecule has 0 aliphatic rings. The van der Waals surface area contributed by atoms with Crippen molar-refractivity contribution >= 4 is 17.6 Å². The number of rotatable bonds is 4. The zero-order chi connectivity index (χ0) is 17.2. The second-order valence-corrected chi connectivity index (χ2v) is 6.65. The highest BCUT2D eigenvalue weighted by atomic mass is 16.5. The Bertz CT molecular complexity index is 821. The number of nitrogens with one attached hydrogen (secondary N) is 2. The molecular formula is C18H21N5O. The van der Waals surface area contributed by atoms with Gasteiger partial charge < -0.3 is 15.2 Å². The molecule has 0 atom stereocenters. The average Bonchev–Trinajstić information content (AvgIpc) is 2.91. The lowest BCUT2D eigenvalue weighted by Crippen LogP contribution is -2.27. The number of hydrogen-bond donors (Lipinski definition) is 2. The van der Waals surface area contributed by atoms with Crippen molar-refractivity contribution in [3.8, 4) is 11.3 Å². The van der Waals surface area contributed by atoms with E-state index < -0.39 is 0 Å². The van der Waals surface area contributed by atoms with E-state index in [9.17, 15) is 0 Å². The van der Waals surface area contributed by atoms with Gasteiger partial charge in [-0.1, -0.05) is 35.5 Å². The van der Waals surface area contributed by atoms with Crippen LogP contribution < -0.4 is 10.6 Å². The summed E-state index contributed by atoms with van der Waals surface area (Å²) < 4.78 is 5.09. The highest BCUT2D eigenvalue weighted by Gasteiger charge is 2.14. The van der Waals surface area contributed by atoms with Crippen LogP contribution in [0.15, 0.2) is 47.0 Å². The van der Waals surface area contributed by atoms with Gasteiger partial charge in [0.15, 0.2) is 5.82 Å². The molecule has 0 saturated carbocycles. The molecule has 3 aromatic rings. The maximum Gasteiger partial charge on any atom is 0.225 e. The Labute approximate surface area is 141 Å². The van der Waals surface area contributed by atoms with Gasteiger partial charge in [-0.05, 0) is 27.7 Å². The summed E-state index contributed by atoms with van der Waals surface area (Å²) >= 11 is 0. The number of nitrogens with zero attached hydrogens (tertiary/aromatic N) is 3. The summed E-state index contributed by atoms with van der Waals surface area (Å²) in [5.74, 6) is 2.57. The van der Waals surface area contributed by atoms with E-state index in [1.54, 1.807) is 0 Å². The predicted octanol–water partition coefficient (Wildman–Crippen LogP) is 4.39. The summed E-state index contributed by atoms with van der Waals surface area (Å²) in [6.07, 6.45) is 0. The third-order valence-corrected chi connectivity index (χ3v) is 3.17. The van der Waals surface area contributed by atoms with Crippen molar-refractivity contribution in [2.45, 2.75) is 33.2 Å². The lowest BCUT2D eigenvalue weighted by Gasteiger charge is -2.21. The Hall–Kier alpha value is -2.89. The third-order valence-electron chi connectivity index (χ3n) is 3.17. The molecular weight excluding hydrogens is 302 g/mol. The molecule has 1 aromatic carbocycles. The molecule has 2 heterocycles. The van der Waals surface area contributed by atoms with E-state index in [-0.39, 0.29) is 5.54 Å². The fourth-order valence-electron chi connectivity index (χ4n) is 2.22. The van der Waals surface area contributed by atoms with E-state index in [2.05, 4.69) is 46.5 Å². The minimum atomic E-state index is -0.142. The Kier molecular flexibility index (Phi) is 4.20. The van der Waals surface area contributed by atoms with Gasteiger partial charge in [0.05, 0.1) is 5.69 Å². The van der Waals surface area contributed by atoms with Crippen LogP contribution in [0.4, 0.5) is 17.6 Å². The molecule has 0 amide bonds. The predicted molar refractivity (Wildman–Crippen MR) is 95.4 cm³/mol. The molecule has 0 aliphatic carbocycles. The number of aromatic nitrogens is 3. The topological polar surface area (TPSA) is 75.9 Å². The molecule has 0 spiro atoms. The quantitative estimate of drug-likeness (QED) is 0.741. The summed E-state index contributed by atoms with van der Waals surface area (Å²) in [5.41, 5.74) is 1.72. The van der Waals surface area contributed by atoms with E-state index in [4.69, 9.17) is 4.52 Å². The van der Waals surface area contributed by atoms with E-state index >= 15 is 0 Å². The van der Waals surface area contributed by atoms with E-state index in [0.29, 0.717) is 17.6 Å². The molecule has 2 N–H and O–H groups in total. The summed E-state index contributed by atoms with van der Waals surface area (Å²) in [4.78, 5) is 9.16. The van der Waals surface area contributed by atoms with Crippen molar-refractivity contribution < 1.29 is 4.52 Å². The van der Waals surface area contributed by atoms with Gasteiger partial charge in [0.1, 0.15) is 11.6 Å². The first-order chi connectivity index (χ1) is 11.4. The molecule has 0 radical (unpaired) electrons. The van der Waals surface area contributed by atoms with Crippen LogP contribution >= 0.6 is 0 Å². The van der Waals surface area contributed by atoms with Crippen LogP contribution in [0, 0.1) is 6.92 Å². The first-order valence-corrected chi connectivity index (χ1v) is 7.82. The van der Waals surface area contributed by atoms with Crippen LogP contribution in [0.1, 0.15) is 26.5 Å². The number of benzene rings is 1. The lowest BCUT2D eigenvalue weighted by molar-refractivity contribution is 0.400. The van der Waals surface area contributed by atoms with E-state index in [0.717, 1.165) is 17.0 Å². The van der Waals surface area contributed by atoms with E-state index in [1.165, 1.54) is 0 Å². The van der Waals surface area contributed by atoms with Gasteiger partial charge in [-0.15, -0.1) is 0 Å².